The minimum Gasteiger partial charge on any atom is -0.461 e. The van der Waals surface area contributed by atoms with Crippen molar-refractivity contribution in [3.05, 3.63) is 51.3 Å². The van der Waals surface area contributed by atoms with Gasteiger partial charge in [0.2, 0.25) is 0 Å². The molecule has 1 N–H and O–H groups in total. The van der Waals surface area contributed by atoms with Crippen molar-refractivity contribution >= 4 is 29.2 Å². The van der Waals surface area contributed by atoms with Crippen molar-refractivity contribution in [1.82, 2.24) is 10.2 Å². The normalized spacial score (nSPS) is 11.5. The fourth-order valence-electron chi connectivity index (χ4n) is 2.09. The number of hydrogen-bond acceptors (Lipinski definition) is 3. The van der Waals surface area contributed by atoms with Crippen LogP contribution in [0.25, 0.3) is 0 Å². The zero-order valence-corrected chi connectivity index (χ0v) is 13.5. The molecule has 112 valence electrons. The van der Waals surface area contributed by atoms with Gasteiger partial charge in [-0.1, -0.05) is 43.1 Å². The van der Waals surface area contributed by atoms with Crippen LogP contribution in [0.1, 0.15) is 42.5 Å². The van der Waals surface area contributed by atoms with Gasteiger partial charge in [-0.05, 0) is 30.7 Å². The van der Waals surface area contributed by atoms with Crippen LogP contribution in [0.4, 0.5) is 0 Å². The fraction of sp³-hybridized carbons (Fsp3) is 0.333. The van der Waals surface area contributed by atoms with E-state index in [0.717, 1.165) is 11.3 Å². The van der Waals surface area contributed by atoms with Crippen molar-refractivity contribution in [2.24, 2.45) is 0 Å². The Balaban J connectivity index is 2.37. The van der Waals surface area contributed by atoms with Gasteiger partial charge in [-0.25, -0.2) is 4.79 Å². The molecule has 2 rings (SSSR count). The molecule has 0 fully saturated rings. The zero-order valence-electron chi connectivity index (χ0n) is 12.0. The number of carbonyl (C=O) groups excluding carboxylic acids is 1. The number of carbonyl (C=O) groups is 1. The lowest BCUT2D eigenvalue weighted by atomic mass is 9.81. The maximum Gasteiger partial charge on any atom is 0.358 e. The van der Waals surface area contributed by atoms with E-state index >= 15 is 0 Å². The Morgan fingerprint density at radius 3 is 2.67 bits per heavy atom. The molecule has 1 aromatic carbocycles. The predicted molar refractivity (Wildman–Crippen MR) is 83.1 cm³/mol. The SMILES string of the molecule is CCOC(=O)c1cc(C(C)(C)c2ccc(Cl)cc2Cl)[nH]n1. The third-order valence-corrected chi connectivity index (χ3v) is 3.89. The zero-order chi connectivity index (χ0) is 15.6. The summed E-state index contributed by atoms with van der Waals surface area (Å²) in [4.78, 5) is 11.7. The smallest absolute Gasteiger partial charge is 0.358 e. The average Bonchev–Trinajstić information content (AvgIpc) is 2.88. The third kappa shape index (κ3) is 3.22. The summed E-state index contributed by atoms with van der Waals surface area (Å²) in [7, 11) is 0. The number of nitrogens with zero attached hydrogens (tertiary/aromatic N) is 1. The molecular formula is C15H16Cl2N2O2. The maximum absolute atomic E-state index is 11.7. The van der Waals surface area contributed by atoms with Gasteiger partial charge >= 0.3 is 5.97 Å². The first-order chi connectivity index (χ1) is 9.86. The predicted octanol–water partition coefficient (Wildman–Crippen LogP) is 4.22. The molecule has 1 aromatic heterocycles. The highest BCUT2D eigenvalue weighted by atomic mass is 35.5. The monoisotopic (exact) mass is 326 g/mol. The number of esters is 1. The van der Waals surface area contributed by atoms with Crippen LogP contribution in [-0.4, -0.2) is 22.8 Å². The highest BCUT2D eigenvalue weighted by Crippen LogP contribution is 2.36. The van der Waals surface area contributed by atoms with Crippen LogP contribution in [-0.2, 0) is 10.2 Å². The fourth-order valence-corrected chi connectivity index (χ4v) is 2.74. The van der Waals surface area contributed by atoms with Crippen LogP contribution in [0.15, 0.2) is 24.3 Å². The second kappa shape index (κ2) is 6.08. The van der Waals surface area contributed by atoms with Gasteiger partial charge in [0.05, 0.1) is 6.61 Å². The number of hydrogen-bond donors (Lipinski definition) is 1. The van der Waals surface area contributed by atoms with Gasteiger partial charge in [0.15, 0.2) is 5.69 Å². The van der Waals surface area contributed by atoms with Crippen molar-refractivity contribution in [2.45, 2.75) is 26.2 Å². The first-order valence-corrected chi connectivity index (χ1v) is 7.30. The number of ether oxygens (including phenoxy) is 1. The number of benzene rings is 1. The number of halogens is 2. The van der Waals surface area contributed by atoms with E-state index in [4.69, 9.17) is 27.9 Å². The summed E-state index contributed by atoms with van der Waals surface area (Å²) in [6.07, 6.45) is 0. The van der Waals surface area contributed by atoms with Gasteiger partial charge in [-0.3, -0.25) is 5.10 Å². The molecule has 0 unspecified atom stereocenters. The van der Waals surface area contributed by atoms with E-state index in [1.165, 1.54) is 0 Å². The molecule has 0 atom stereocenters. The summed E-state index contributed by atoms with van der Waals surface area (Å²) in [6, 6.07) is 7.04. The molecule has 2 aromatic rings. The lowest BCUT2D eigenvalue weighted by molar-refractivity contribution is 0.0519. The first kappa shape index (κ1) is 15.9. The van der Waals surface area contributed by atoms with Crippen LogP contribution in [0.5, 0.6) is 0 Å². The second-order valence-corrected chi connectivity index (χ2v) is 5.98. The lowest BCUT2D eigenvalue weighted by Gasteiger charge is -2.25. The molecule has 21 heavy (non-hydrogen) atoms. The van der Waals surface area contributed by atoms with Gasteiger partial charge < -0.3 is 4.74 Å². The average molecular weight is 327 g/mol. The minimum atomic E-state index is -0.446. The van der Waals surface area contributed by atoms with Gasteiger partial charge in [0.1, 0.15) is 0 Å². The molecule has 0 aliphatic rings. The van der Waals surface area contributed by atoms with E-state index in [1.54, 1.807) is 25.1 Å². The molecule has 0 spiro atoms. The summed E-state index contributed by atoms with van der Waals surface area (Å²) < 4.78 is 4.93. The number of nitrogens with one attached hydrogen (secondary N) is 1. The van der Waals surface area contributed by atoms with Gasteiger partial charge in [-0.2, -0.15) is 5.10 Å². The minimum absolute atomic E-state index is 0.255. The van der Waals surface area contributed by atoms with Crippen LogP contribution in [0.2, 0.25) is 10.0 Å². The number of aromatic amines is 1. The van der Waals surface area contributed by atoms with Crippen molar-refractivity contribution in [3.8, 4) is 0 Å². The van der Waals surface area contributed by atoms with Crippen LogP contribution in [0.3, 0.4) is 0 Å². The van der Waals surface area contributed by atoms with Crippen molar-refractivity contribution in [3.63, 3.8) is 0 Å². The number of rotatable bonds is 4. The topological polar surface area (TPSA) is 55.0 Å². The first-order valence-electron chi connectivity index (χ1n) is 6.54. The van der Waals surface area contributed by atoms with Crippen LogP contribution >= 0.6 is 23.2 Å². The Bertz CT molecular complexity index is 665. The molecule has 0 saturated heterocycles. The van der Waals surface area contributed by atoms with E-state index < -0.39 is 11.4 Å². The molecule has 0 aliphatic heterocycles. The molecule has 0 radical (unpaired) electrons. The Labute approximate surface area is 133 Å². The highest BCUT2D eigenvalue weighted by molar-refractivity contribution is 6.35. The molecule has 6 heteroatoms. The molecular weight excluding hydrogens is 311 g/mol. The Kier molecular flexibility index (Phi) is 4.59. The summed E-state index contributed by atoms with van der Waals surface area (Å²) in [5.74, 6) is -0.446. The van der Waals surface area contributed by atoms with E-state index in [-0.39, 0.29) is 5.69 Å². The second-order valence-electron chi connectivity index (χ2n) is 5.14. The van der Waals surface area contributed by atoms with Crippen molar-refractivity contribution < 1.29 is 9.53 Å². The summed E-state index contributed by atoms with van der Waals surface area (Å²) in [5.41, 5.74) is 1.48. The quantitative estimate of drug-likeness (QED) is 0.856. The van der Waals surface area contributed by atoms with E-state index in [1.807, 2.05) is 19.9 Å². The van der Waals surface area contributed by atoms with E-state index in [2.05, 4.69) is 10.2 Å². The Hall–Kier alpha value is -1.52. The third-order valence-electron chi connectivity index (χ3n) is 3.34. The van der Waals surface area contributed by atoms with Crippen molar-refractivity contribution in [1.29, 1.82) is 0 Å². The molecule has 0 bridgehead atoms. The largest absolute Gasteiger partial charge is 0.461 e. The van der Waals surface area contributed by atoms with E-state index in [9.17, 15) is 4.79 Å². The maximum atomic E-state index is 11.7. The van der Waals surface area contributed by atoms with E-state index in [0.29, 0.717) is 16.7 Å². The summed E-state index contributed by atoms with van der Waals surface area (Å²) in [5, 5.41) is 8.04. The standard InChI is InChI=1S/C15H16Cl2N2O2/c1-4-21-14(20)12-8-13(19-18-12)15(2,3)10-6-5-9(16)7-11(10)17/h5-8H,4H2,1-3H3,(H,18,19). The molecule has 4 nitrogen and oxygen atoms in total. The van der Waals surface area contributed by atoms with Gasteiger partial charge in [-0.15, -0.1) is 0 Å². The van der Waals surface area contributed by atoms with Crippen LogP contribution < -0.4 is 0 Å². The summed E-state index contributed by atoms with van der Waals surface area (Å²) in [6.45, 7) is 6.05. The molecule has 1 heterocycles. The molecule has 0 amide bonds. The Morgan fingerprint density at radius 2 is 2.05 bits per heavy atom. The number of aromatic nitrogens is 2. The Morgan fingerprint density at radius 1 is 1.33 bits per heavy atom. The highest BCUT2D eigenvalue weighted by Gasteiger charge is 2.29. The lowest BCUT2D eigenvalue weighted by Crippen LogP contribution is -2.20. The van der Waals surface area contributed by atoms with Crippen LogP contribution in [0, 0.1) is 0 Å². The number of H-pyrrole nitrogens is 1. The summed E-state index contributed by atoms with van der Waals surface area (Å²) >= 11 is 12.2. The van der Waals surface area contributed by atoms with Crippen molar-refractivity contribution in [2.75, 3.05) is 6.61 Å². The van der Waals surface area contributed by atoms with Gasteiger partial charge in [0.25, 0.3) is 0 Å². The molecule has 0 aliphatic carbocycles. The molecule has 0 saturated carbocycles. The van der Waals surface area contributed by atoms with Gasteiger partial charge in [0, 0.05) is 21.2 Å².